The first kappa shape index (κ1) is 28.4. The summed E-state index contributed by atoms with van der Waals surface area (Å²) in [6.07, 6.45) is 2.88. The average molecular weight is 567 g/mol. The topological polar surface area (TPSA) is 151 Å². The first-order chi connectivity index (χ1) is 19.0. The normalized spacial score (nSPS) is 16.4. The third-order valence-electron chi connectivity index (χ3n) is 6.43. The number of hydrogen-bond acceptors (Lipinski definition) is 8. The monoisotopic (exact) mass is 566 g/mol. The van der Waals surface area contributed by atoms with E-state index in [4.69, 9.17) is 26.5 Å². The van der Waals surface area contributed by atoms with Crippen molar-refractivity contribution in [2.24, 2.45) is 13.0 Å². The number of nitrogens with zero attached hydrogens (tertiary/aromatic N) is 5. The molecule has 1 aliphatic rings. The van der Waals surface area contributed by atoms with Gasteiger partial charge in [0.15, 0.2) is 0 Å². The van der Waals surface area contributed by atoms with Crippen LogP contribution >= 0.6 is 11.6 Å². The molecule has 206 valence electrons. The Kier molecular flexibility index (Phi) is 7.99. The van der Waals surface area contributed by atoms with Gasteiger partial charge in [-0.05, 0) is 23.8 Å². The van der Waals surface area contributed by atoms with E-state index in [0.717, 1.165) is 11.0 Å². The number of nitrogens with two attached hydrogens (primary N) is 1. The molecule has 0 aliphatic carbocycles. The second-order valence-corrected chi connectivity index (χ2v) is 9.69. The van der Waals surface area contributed by atoms with E-state index in [9.17, 15) is 19.2 Å². The van der Waals surface area contributed by atoms with Gasteiger partial charge < -0.3 is 14.0 Å². The van der Waals surface area contributed by atoms with E-state index in [0.29, 0.717) is 11.4 Å². The van der Waals surface area contributed by atoms with Crippen LogP contribution in [0, 0.1) is 28.5 Å². The zero-order valence-corrected chi connectivity index (χ0v) is 23.1. The van der Waals surface area contributed by atoms with Gasteiger partial charge in [0.25, 0.3) is 17.3 Å². The number of pyridine rings is 1. The zero-order valence-electron chi connectivity index (χ0n) is 22.3. The van der Waals surface area contributed by atoms with Gasteiger partial charge >= 0.3 is 6.01 Å². The molecular weight excluding hydrogens is 541 g/mol. The summed E-state index contributed by atoms with van der Waals surface area (Å²) in [5.74, 6) is -1.64. The molecular formula is C27H26ClFN7O4+. The number of methoxy groups -OCH3 is 2. The molecule has 1 saturated heterocycles. The van der Waals surface area contributed by atoms with Crippen molar-refractivity contribution in [3.05, 3.63) is 80.2 Å². The average Bonchev–Trinajstić information content (AvgIpc) is 3.18. The highest BCUT2D eigenvalue weighted by molar-refractivity contribution is 6.52. The van der Waals surface area contributed by atoms with Gasteiger partial charge in [0.2, 0.25) is 5.69 Å². The summed E-state index contributed by atoms with van der Waals surface area (Å²) in [5.41, 5.74) is 0.287. The maximum Gasteiger partial charge on any atom is 0.319 e. The quantitative estimate of drug-likeness (QED) is 0.446. The lowest BCUT2D eigenvalue weighted by Crippen LogP contribution is -2.77. The number of benzene rings is 1. The van der Waals surface area contributed by atoms with Crippen LogP contribution in [0.4, 0.5) is 15.8 Å². The first-order valence-electron chi connectivity index (χ1n) is 12.0. The van der Waals surface area contributed by atoms with E-state index in [2.05, 4.69) is 9.97 Å². The number of ether oxygens (including phenoxy) is 2. The number of nitrogens with one attached hydrogen (secondary N) is 1. The second-order valence-electron chi connectivity index (χ2n) is 9.25. The van der Waals surface area contributed by atoms with Gasteiger partial charge in [0.05, 0.1) is 42.6 Å². The minimum Gasteiger partial charge on any atom is -0.477 e. The summed E-state index contributed by atoms with van der Waals surface area (Å²) in [6, 6.07) is 6.03. The van der Waals surface area contributed by atoms with Crippen molar-refractivity contribution >= 4 is 34.6 Å². The highest BCUT2D eigenvalue weighted by Crippen LogP contribution is 2.41. The summed E-state index contributed by atoms with van der Waals surface area (Å²) in [4.78, 5) is 36.4. The van der Waals surface area contributed by atoms with E-state index in [-0.39, 0.29) is 50.9 Å². The van der Waals surface area contributed by atoms with E-state index >= 15 is 0 Å². The molecule has 1 fully saturated rings. The molecule has 1 amide bonds. The standard InChI is InChI=1S/C27H25ClFN7O4/c1-13(2)22(33-18-11-32-27(40-5)34-24(18)39-4)20-21(31)26(38)36(19-9-16(28)12-35(3)25(19)37)23(20)14-6-7-15(10-30)17(29)8-14/h6-9,11-13,23,31,33H,1-5H3/p+1/b22-20+,31-21?. The lowest BCUT2D eigenvalue weighted by atomic mass is 9.92. The molecule has 0 bridgehead atoms. The Balaban J connectivity index is 2.02. The first-order valence-corrected chi connectivity index (χ1v) is 12.4. The van der Waals surface area contributed by atoms with Gasteiger partial charge in [-0.3, -0.25) is 25.2 Å². The Morgan fingerprint density at radius 2 is 1.98 bits per heavy atom. The predicted molar refractivity (Wildman–Crippen MR) is 144 cm³/mol. The molecule has 3 heterocycles. The molecule has 40 heavy (non-hydrogen) atoms. The Labute approximate surface area is 234 Å². The maximum absolute atomic E-state index is 14.9. The van der Waals surface area contributed by atoms with Gasteiger partial charge in [-0.15, -0.1) is 0 Å². The molecule has 4 rings (SSSR count). The molecule has 0 spiro atoms. The number of hydrogen-bond donors (Lipinski definition) is 2. The number of quaternary nitrogens is 1. The Morgan fingerprint density at radius 3 is 2.58 bits per heavy atom. The Hall–Kier alpha value is -4.60. The number of aryl methyl sites for hydroxylation is 1. The van der Waals surface area contributed by atoms with Crippen LogP contribution in [-0.2, 0) is 11.8 Å². The second kappa shape index (κ2) is 11.3. The van der Waals surface area contributed by atoms with E-state index in [1.807, 2.05) is 13.8 Å². The largest absolute Gasteiger partial charge is 0.477 e. The fraction of sp³-hybridized carbons (Fsp3) is 0.259. The number of rotatable bonds is 7. The third kappa shape index (κ3) is 5.04. The SMILES string of the molecule is COc1ncc([NH2+]/C(=C2\C(=N)C(=O)N(c3cc(Cl)cn(C)c3=O)C2c2ccc(C#N)c(F)c2)C(C)C)c(OC)n1. The Bertz CT molecular complexity index is 1660. The number of allylic oxidation sites excluding steroid dienone is 1. The molecule has 1 aliphatic heterocycles. The number of aromatic nitrogens is 3. The van der Waals surface area contributed by atoms with Crippen LogP contribution in [0.15, 0.2) is 52.7 Å². The molecule has 0 radical (unpaired) electrons. The zero-order chi connectivity index (χ0) is 29.3. The third-order valence-corrected chi connectivity index (χ3v) is 6.64. The van der Waals surface area contributed by atoms with Crippen LogP contribution in [0.3, 0.4) is 0 Å². The summed E-state index contributed by atoms with van der Waals surface area (Å²) in [6.45, 7) is 3.73. The fourth-order valence-electron chi connectivity index (χ4n) is 4.55. The van der Waals surface area contributed by atoms with Gasteiger partial charge in [0, 0.05) is 19.2 Å². The van der Waals surface area contributed by atoms with Crippen molar-refractivity contribution in [2.75, 3.05) is 19.1 Å². The summed E-state index contributed by atoms with van der Waals surface area (Å²) in [7, 11) is 4.34. The predicted octanol–water partition coefficient (Wildman–Crippen LogP) is 2.77. The molecule has 11 nitrogen and oxygen atoms in total. The smallest absolute Gasteiger partial charge is 0.319 e. The van der Waals surface area contributed by atoms with Gasteiger partial charge in [-0.1, -0.05) is 31.5 Å². The van der Waals surface area contributed by atoms with Crippen LogP contribution < -0.4 is 25.2 Å². The van der Waals surface area contributed by atoms with Crippen molar-refractivity contribution in [3.63, 3.8) is 0 Å². The van der Waals surface area contributed by atoms with Gasteiger partial charge in [-0.25, -0.2) is 4.39 Å². The molecule has 3 aromatic rings. The van der Waals surface area contributed by atoms with Crippen LogP contribution in [0.25, 0.3) is 0 Å². The molecule has 1 atom stereocenters. The minimum atomic E-state index is -1.09. The van der Waals surface area contributed by atoms with Gasteiger partial charge in [0.1, 0.15) is 29.0 Å². The number of nitriles is 1. The summed E-state index contributed by atoms with van der Waals surface area (Å²) in [5, 5.41) is 20.0. The fourth-order valence-corrected chi connectivity index (χ4v) is 4.80. The van der Waals surface area contributed by atoms with Crippen molar-refractivity contribution in [3.8, 4) is 18.0 Å². The lowest BCUT2D eigenvalue weighted by Gasteiger charge is -2.26. The number of amides is 1. The van der Waals surface area contributed by atoms with Crippen LogP contribution in [0.1, 0.15) is 31.0 Å². The van der Waals surface area contributed by atoms with Crippen molar-refractivity contribution in [2.45, 2.75) is 19.9 Å². The molecule has 3 N–H and O–H groups in total. The van der Waals surface area contributed by atoms with E-state index < -0.39 is 23.3 Å². The minimum absolute atomic E-state index is 0.0806. The van der Waals surface area contributed by atoms with Crippen molar-refractivity contribution < 1.29 is 24.0 Å². The number of carbonyl (C=O) groups is 1. The number of anilines is 1. The highest BCUT2D eigenvalue weighted by atomic mass is 35.5. The summed E-state index contributed by atoms with van der Waals surface area (Å²) < 4.78 is 26.6. The molecule has 0 saturated carbocycles. The van der Waals surface area contributed by atoms with Crippen molar-refractivity contribution in [1.82, 2.24) is 14.5 Å². The van der Waals surface area contributed by atoms with Crippen LogP contribution in [0.2, 0.25) is 5.02 Å². The van der Waals surface area contributed by atoms with E-state index in [1.165, 1.54) is 56.4 Å². The maximum atomic E-state index is 14.9. The lowest BCUT2D eigenvalue weighted by molar-refractivity contribution is -0.526. The Morgan fingerprint density at radius 1 is 1.25 bits per heavy atom. The molecule has 13 heteroatoms. The van der Waals surface area contributed by atoms with E-state index in [1.54, 1.807) is 11.4 Å². The number of carbonyl (C=O) groups excluding carboxylic acids is 1. The van der Waals surface area contributed by atoms with Crippen molar-refractivity contribution in [1.29, 1.82) is 10.7 Å². The summed E-state index contributed by atoms with van der Waals surface area (Å²) >= 11 is 6.25. The highest BCUT2D eigenvalue weighted by Gasteiger charge is 2.47. The van der Waals surface area contributed by atoms with Gasteiger partial charge in [-0.2, -0.15) is 15.2 Å². The molecule has 2 aromatic heterocycles. The molecule has 1 unspecified atom stereocenters. The van der Waals surface area contributed by atoms with Crippen LogP contribution in [-0.4, -0.2) is 40.4 Å². The van der Waals surface area contributed by atoms with Crippen LogP contribution in [0.5, 0.6) is 11.9 Å². The molecule has 1 aromatic carbocycles. The number of halogens is 2.